The molecule has 3 rings (SSSR count). The van der Waals surface area contributed by atoms with E-state index in [9.17, 15) is 4.79 Å². The predicted octanol–water partition coefficient (Wildman–Crippen LogP) is 2.28. The number of amides is 1. The monoisotopic (exact) mass is 344 g/mol. The smallest absolute Gasteiger partial charge is 0.236 e. The minimum absolute atomic E-state index is 0.258. The number of likely N-dealkylation sites (tertiary alicyclic amines) is 1. The van der Waals surface area contributed by atoms with Crippen LogP contribution < -0.4 is 4.74 Å². The topological polar surface area (TPSA) is 42.0 Å². The summed E-state index contributed by atoms with van der Waals surface area (Å²) in [6.07, 6.45) is 6.47. The van der Waals surface area contributed by atoms with Gasteiger partial charge in [0.2, 0.25) is 5.91 Å². The Morgan fingerprint density at radius 1 is 1.20 bits per heavy atom. The number of piperidine rings is 1. The standard InChI is InChI=1S/C20H28N2O3/c1-24-19-5-3-2-4-18(19)7-6-17-8-10-22(11-9-17)20(23)16-21-12-14-25-15-13-21/h2-7,17H,8-16H2,1H3/b7-6+. The zero-order chi connectivity index (χ0) is 17.5. The van der Waals surface area contributed by atoms with Crippen molar-refractivity contribution in [3.63, 3.8) is 0 Å². The summed E-state index contributed by atoms with van der Waals surface area (Å²) in [7, 11) is 1.70. The highest BCUT2D eigenvalue weighted by atomic mass is 16.5. The molecule has 1 amide bonds. The van der Waals surface area contributed by atoms with Crippen LogP contribution in [0.15, 0.2) is 30.3 Å². The molecule has 0 bridgehead atoms. The molecule has 2 saturated heterocycles. The van der Waals surface area contributed by atoms with Gasteiger partial charge in [-0.2, -0.15) is 0 Å². The van der Waals surface area contributed by atoms with Crippen LogP contribution in [0.1, 0.15) is 18.4 Å². The second-order valence-electron chi connectivity index (χ2n) is 6.71. The summed E-state index contributed by atoms with van der Waals surface area (Å²) < 4.78 is 10.7. The van der Waals surface area contributed by atoms with Crippen molar-refractivity contribution < 1.29 is 14.3 Å². The third-order valence-corrected chi connectivity index (χ3v) is 5.04. The first-order valence-electron chi connectivity index (χ1n) is 9.15. The molecule has 0 aromatic heterocycles. The second-order valence-corrected chi connectivity index (χ2v) is 6.71. The second kappa shape index (κ2) is 9.02. The van der Waals surface area contributed by atoms with Gasteiger partial charge in [-0.1, -0.05) is 30.4 Å². The Bertz CT molecular complexity index is 588. The van der Waals surface area contributed by atoms with E-state index in [1.54, 1.807) is 7.11 Å². The average molecular weight is 344 g/mol. The van der Waals surface area contributed by atoms with Gasteiger partial charge in [0.1, 0.15) is 5.75 Å². The molecule has 1 aromatic rings. The molecule has 2 fully saturated rings. The number of nitrogens with zero attached hydrogens (tertiary/aromatic N) is 2. The fourth-order valence-electron chi connectivity index (χ4n) is 3.44. The minimum Gasteiger partial charge on any atom is -0.496 e. The maximum Gasteiger partial charge on any atom is 0.236 e. The number of ether oxygens (including phenoxy) is 2. The van der Waals surface area contributed by atoms with E-state index in [1.165, 1.54) is 0 Å². The zero-order valence-electron chi connectivity index (χ0n) is 15.0. The summed E-state index contributed by atoms with van der Waals surface area (Å²) >= 11 is 0. The SMILES string of the molecule is COc1ccccc1/C=C/C1CCN(C(=O)CN2CCOCC2)CC1. The van der Waals surface area contributed by atoms with Crippen molar-refractivity contribution in [1.82, 2.24) is 9.80 Å². The fourth-order valence-corrected chi connectivity index (χ4v) is 3.44. The van der Waals surface area contributed by atoms with Crippen LogP contribution in [0.3, 0.4) is 0 Å². The number of allylic oxidation sites excluding steroid dienone is 1. The number of carbonyl (C=O) groups excluding carboxylic acids is 1. The lowest BCUT2D eigenvalue weighted by molar-refractivity contribution is -0.134. The fraction of sp³-hybridized carbons (Fsp3) is 0.550. The third-order valence-electron chi connectivity index (χ3n) is 5.04. The van der Waals surface area contributed by atoms with Crippen molar-refractivity contribution in [2.75, 3.05) is 53.0 Å². The Morgan fingerprint density at radius 3 is 2.64 bits per heavy atom. The first-order valence-corrected chi connectivity index (χ1v) is 9.15. The van der Waals surface area contributed by atoms with Gasteiger partial charge < -0.3 is 14.4 Å². The normalized spacial score (nSPS) is 20.1. The zero-order valence-corrected chi connectivity index (χ0v) is 15.0. The van der Waals surface area contributed by atoms with E-state index in [0.717, 1.165) is 63.5 Å². The number of benzene rings is 1. The molecule has 0 saturated carbocycles. The van der Waals surface area contributed by atoms with Crippen molar-refractivity contribution in [1.29, 1.82) is 0 Å². The van der Waals surface area contributed by atoms with Crippen LogP contribution in [0.2, 0.25) is 0 Å². The van der Waals surface area contributed by atoms with E-state index in [4.69, 9.17) is 9.47 Å². The molecule has 1 aromatic carbocycles. The molecule has 5 nitrogen and oxygen atoms in total. The first kappa shape index (κ1) is 18.0. The molecule has 0 N–H and O–H groups in total. The van der Waals surface area contributed by atoms with Crippen LogP contribution in [0.25, 0.3) is 6.08 Å². The highest BCUT2D eigenvalue weighted by Gasteiger charge is 2.23. The third kappa shape index (κ3) is 5.06. The lowest BCUT2D eigenvalue weighted by Crippen LogP contribution is -2.46. The van der Waals surface area contributed by atoms with Crippen LogP contribution in [-0.2, 0) is 9.53 Å². The van der Waals surface area contributed by atoms with E-state index >= 15 is 0 Å². The number of carbonyl (C=O) groups is 1. The van der Waals surface area contributed by atoms with Gasteiger partial charge in [0, 0.05) is 31.7 Å². The quantitative estimate of drug-likeness (QED) is 0.822. The number of rotatable bonds is 5. The minimum atomic E-state index is 0.258. The van der Waals surface area contributed by atoms with E-state index < -0.39 is 0 Å². The van der Waals surface area contributed by atoms with Crippen molar-refractivity contribution >= 4 is 12.0 Å². The first-order chi connectivity index (χ1) is 12.3. The number of morpholine rings is 1. The predicted molar refractivity (Wildman–Crippen MR) is 98.6 cm³/mol. The summed E-state index contributed by atoms with van der Waals surface area (Å²) in [6, 6.07) is 8.05. The Hall–Kier alpha value is -1.85. The molecule has 2 aliphatic heterocycles. The molecule has 2 heterocycles. The van der Waals surface area contributed by atoms with Crippen molar-refractivity contribution in [3.05, 3.63) is 35.9 Å². The van der Waals surface area contributed by atoms with E-state index in [-0.39, 0.29) is 5.91 Å². The van der Waals surface area contributed by atoms with Crippen molar-refractivity contribution in [2.45, 2.75) is 12.8 Å². The largest absolute Gasteiger partial charge is 0.496 e. The molecule has 0 spiro atoms. The van der Waals surface area contributed by atoms with Gasteiger partial charge in [0.15, 0.2) is 0 Å². The lowest BCUT2D eigenvalue weighted by atomic mass is 9.95. The van der Waals surface area contributed by atoms with Gasteiger partial charge in [-0.05, 0) is 24.8 Å². The summed E-state index contributed by atoms with van der Waals surface area (Å²) in [6.45, 7) is 5.44. The van der Waals surface area contributed by atoms with Crippen LogP contribution in [0.4, 0.5) is 0 Å². The molecule has 0 unspecified atom stereocenters. The average Bonchev–Trinajstić information content (AvgIpc) is 2.67. The summed E-state index contributed by atoms with van der Waals surface area (Å²) in [5.74, 6) is 1.68. The molecule has 0 radical (unpaired) electrons. The Kier molecular flexibility index (Phi) is 6.48. The summed E-state index contributed by atoms with van der Waals surface area (Å²) in [4.78, 5) is 16.7. The number of para-hydroxylation sites is 1. The Labute approximate surface area is 150 Å². The summed E-state index contributed by atoms with van der Waals surface area (Å²) in [5, 5.41) is 0. The van der Waals surface area contributed by atoms with E-state index in [2.05, 4.69) is 23.1 Å². The molecule has 0 aliphatic carbocycles. The highest BCUT2D eigenvalue weighted by Crippen LogP contribution is 2.23. The lowest BCUT2D eigenvalue weighted by Gasteiger charge is -2.33. The van der Waals surface area contributed by atoms with Gasteiger partial charge in [-0.15, -0.1) is 0 Å². The molecular formula is C20H28N2O3. The van der Waals surface area contributed by atoms with E-state index in [1.807, 2.05) is 23.1 Å². The number of methoxy groups -OCH3 is 1. The van der Waals surface area contributed by atoms with Gasteiger partial charge >= 0.3 is 0 Å². The van der Waals surface area contributed by atoms with Crippen LogP contribution in [0.5, 0.6) is 5.75 Å². The molecule has 0 atom stereocenters. The Balaban J connectivity index is 1.46. The van der Waals surface area contributed by atoms with Crippen molar-refractivity contribution in [3.8, 4) is 5.75 Å². The molecule has 136 valence electrons. The number of hydrogen-bond donors (Lipinski definition) is 0. The maximum absolute atomic E-state index is 12.4. The highest BCUT2D eigenvalue weighted by molar-refractivity contribution is 5.78. The van der Waals surface area contributed by atoms with E-state index in [0.29, 0.717) is 12.5 Å². The number of hydrogen-bond acceptors (Lipinski definition) is 4. The van der Waals surface area contributed by atoms with Crippen LogP contribution >= 0.6 is 0 Å². The Morgan fingerprint density at radius 2 is 1.92 bits per heavy atom. The van der Waals surface area contributed by atoms with Gasteiger partial charge in [-0.3, -0.25) is 9.69 Å². The van der Waals surface area contributed by atoms with Crippen LogP contribution in [0, 0.1) is 5.92 Å². The van der Waals surface area contributed by atoms with Gasteiger partial charge in [-0.25, -0.2) is 0 Å². The van der Waals surface area contributed by atoms with Crippen molar-refractivity contribution in [2.24, 2.45) is 5.92 Å². The van der Waals surface area contributed by atoms with Gasteiger partial charge in [0.25, 0.3) is 0 Å². The molecule has 25 heavy (non-hydrogen) atoms. The van der Waals surface area contributed by atoms with Gasteiger partial charge in [0.05, 0.1) is 26.9 Å². The molecular weight excluding hydrogens is 316 g/mol. The summed E-state index contributed by atoms with van der Waals surface area (Å²) in [5.41, 5.74) is 1.11. The molecule has 5 heteroatoms. The maximum atomic E-state index is 12.4. The molecule has 2 aliphatic rings. The van der Waals surface area contributed by atoms with Crippen LogP contribution in [-0.4, -0.2) is 68.8 Å².